The molecule has 108 valence electrons. The zero-order valence-electron chi connectivity index (χ0n) is 12.1. The van der Waals surface area contributed by atoms with Gasteiger partial charge in [-0.1, -0.05) is 12.1 Å². The van der Waals surface area contributed by atoms with Gasteiger partial charge in [0.1, 0.15) is 5.60 Å². The van der Waals surface area contributed by atoms with Gasteiger partial charge < -0.3 is 14.6 Å². The number of nitrogens with one attached hydrogen (secondary N) is 1. The normalized spacial score (nSPS) is 26.5. The van der Waals surface area contributed by atoms with Crippen LogP contribution in [0.4, 0.5) is 0 Å². The van der Waals surface area contributed by atoms with E-state index in [2.05, 4.69) is 22.4 Å². The fourth-order valence-corrected chi connectivity index (χ4v) is 3.74. The average molecular weight is 285 g/mol. The maximum atomic E-state index is 5.79. The topological polar surface area (TPSA) is 60.2 Å². The van der Waals surface area contributed by atoms with Crippen LogP contribution in [0.2, 0.25) is 0 Å². The Bertz CT molecular complexity index is 412. The molecule has 2 rings (SSSR count). The third kappa shape index (κ3) is 2.95. The molecule has 0 aliphatic carbocycles. The summed E-state index contributed by atoms with van der Waals surface area (Å²) in [5, 5.41) is 7.46. The molecule has 0 bridgehead atoms. The van der Waals surface area contributed by atoms with Gasteiger partial charge in [-0.15, -0.1) is 0 Å². The Labute approximate surface area is 118 Å². The summed E-state index contributed by atoms with van der Waals surface area (Å²) >= 11 is 1.92. The van der Waals surface area contributed by atoms with E-state index in [-0.39, 0.29) is 0 Å². The van der Waals surface area contributed by atoms with Crippen molar-refractivity contribution < 1.29 is 9.26 Å². The Hall–Kier alpha value is -0.590. The summed E-state index contributed by atoms with van der Waals surface area (Å²) in [4.78, 5) is 4.60. The van der Waals surface area contributed by atoms with E-state index >= 15 is 0 Å². The van der Waals surface area contributed by atoms with Crippen LogP contribution in [0.15, 0.2) is 4.52 Å². The monoisotopic (exact) mass is 285 g/mol. The molecular formula is C13H23N3O2S. The van der Waals surface area contributed by atoms with E-state index in [1.54, 1.807) is 0 Å². The maximum absolute atomic E-state index is 5.79. The second kappa shape index (κ2) is 6.24. The highest BCUT2D eigenvalue weighted by molar-refractivity contribution is 7.99. The Morgan fingerprint density at radius 2 is 2.26 bits per heavy atom. The van der Waals surface area contributed by atoms with Crippen molar-refractivity contribution in [2.45, 2.75) is 44.8 Å². The molecule has 19 heavy (non-hydrogen) atoms. The number of aromatic nitrogens is 2. The quantitative estimate of drug-likeness (QED) is 0.864. The molecule has 0 amide bonds. The van der Waals surface area contributed by atoms with Crippen molar-refractivity contribution in [2.75, 3.05) is 25.2 Å². The molecule has 3 atom stereocenters. The van der Waals surface area contributed by atoms with E-state index in [1.807, 2.05) is 32.7 Å². The summed E-state index contributed by atoms with van der Waals surface area (Å²) < 4.78 is 11.3. The molecule has 1 aromatic rings. The molecule has 2 heterocycles. The summed E-state index contributed by atoms with van der Waals surface area (Å²) in [5.41, 5.74) is -0.447. The molecule has 1 N–H and O–H groups in total. The third-order valence-electron chi connectivity index (χ3n) is 3.82. The number of ether oxygens (including phenoxy) is 1. The van der Waals surface area contributed by atoms with Crippen LogP contribution in [0.5, 0.6) is 0 Å². The van der Waals surface area contributed by atoms with Gasteiger partial charge in [-0.05, 0) is 27.3 Å². The molecule has 1 aliphatic heterocycles. The summed E-state index contributed by atoms with van der Waals surface area (Å²) in [6.45, 7) is 6.73. The van der Waals surface area contributed by atoms with Gasteiger partial charge in [-0.25, -0.2) is 0 Å². The summed E-state index contributed by atoms with van der Waals surface area (Å²) in [5.74, 6) is 3.83. The molecule has 1 aliphatic rings. The van der Waals surface area contributed by atoms with Crippen LogP contribution in [0, 0.1) is 0 Å². The van der Waals surface area contributed by atoms with Crippen molar-refractivity contribution in [3.63, 3.8) is 0 Å². The summed E-state index contributed by atoms with van der Waals surface area (Å²) in [6, 6.07) is 0.415. The van der Waals surface area contributed by atoms with Gasteiger partial charge >= 0.3 is 0 Å². The van der Waals surface area contributed by atoms with Gasteiger partial charge in [-0.2, -0.15) is 16.7 Å². The van der Waals surface area contributed by atoms with Crippen LogP contribution in [0.1, 0.15) is 44.8 Å². The zero-order valence-corrected chi connectivity index (χ0v) is 12.9. The van der Waals surface area contributed by atoms with E-state index in [0.717, 1.165) is 23.8 Å². The number of thioether (sulfide) groups is 1. The van der Waals surface area contributed by atoms with Crippen LogP contribution in [-0.4, -0.2) is 41.3 Å². The predicted octanol–water partition coefficient (Wildman–Crippen LogP) is 2.15. The lowest BCUT2D eigenvalue weighted by molar-refractivity contribution is -0.0403. The highest BCUT2D eigenvalue weighted by Crippen LogP contribution is 2.34. The Balaban J connectivity index is 2.18. The highest BCUT2D eigenvalue weighted by atomic mass is 32.2. The number of hydrogen-bond donors (Lipinski definition) is 1. The molecule has 0 aromatic carbocycles. The van der Waals surface area contributed by atoms with Crippen molar-refractivity contribution in [1.29, 1.82) is 0 Å². The van der Waals surface area contributed by atoms with Gasteiger partial charge in [0.15, 0.2) is 0 Å². The van der Waals surface area contributed by atoms with Gasteiger partial charge in [0, 0.05) is 24.2 Å². The third-order valence-corrected chi connectivity index (χ3v) is 5.01. The van der Waals surface area contributed by atoms with Crippen LogP contribution in [0.3, 0.4) is 0 Å². The minimum atomic E-state index is -0.447. The van der Waals surface area contributed by atoms with Crippen molar-refractivity contribution in [2.24, 2.45) is 0 Å². The predicted molar refractivity (Wildman–Crippen MR) is 76.5 cm³/mol. The van der Waals surface area contributed by atoms with Gasteiger partial charge in [0.2, 0.25) is 11.7 Å². The fraction of sp³-hybridized carbons (Fsp3) is 0.846. The molecule has 0 spiro atoms. The second-order valence-corrected chi connectivity index (χ2v) is 6.09. The summed E-state index contributed by atoms with van der Waals surface area (Å²) in [7, 11) is 1.98. The first-order valence-corrected chi connectivity index (χ1v) is 8.03. The maximum Gasteiger partial charge on any atom is 0.232 e. The first-order valence-electron chi connectivity index (χ1n) is 6.87. The minimum Gasteiger partial charge on any atom is -0.367 e. The van der Waals surface area contributed by atoms with Crippen molar-refractivity contribution >= 4 is 11.8 Å². The largest absolute Gasteiger partial charge is 0.367 e. The Kier molecular flexibility index (Phi) is 4.86. The first-order chi connectivity index (χ1) is 9.14. The van der Waals surface area contributed by atoms with Crippen LogP contribution in [-0.2, 0) is 10.3 Å². The smallest absolute Gasteiger partial charge is 0.232 e. The number of likely N-dealkylation sites (N-methyl/N-ethyl adjacent to an activating group) is 1. The summed E-state index contributed by atoms with van der Waals surface area (Å²) in [6.07, 6.45) is 0.828. The zero-order chi connectivity index (χ0) is 13.9. The molecule has 0 radical (unpaired) electrons. The van der Waals surface area contributed by atoms with Gasteiger partial charge in [-0.3, -0.25) is 0 Å². The molecule has 1 fully saturated rings. The fourth-order valence-electron chi connectivity index (χ4n) is 2.33. The number of rotatable bonds is 6. The van der Waals surface area contributed by atoms with E-state index in [9.17, 15) is 0 Å². The number of hydrogen-bond acceptors (Lipinski definition) is 6. The van der Waals surface area contributed by atoms with Crippen LogP contribution >= 0.6 is 11.8 Å². The lowest BCUT2D eigenvalue weighted by atomic mass is 10.0. The SMILES string of the molecule is CCOC(C)(CC)c1noc(C2CSCC2NC)n1. The number of nitrogens with zero attached hydrogens (tertiary/aromatic N) is 2. The van der Waals surface area contributed by atoms with Crippen LogP contribution < -0.4 is 5.32 Å². The minimum absolute atomic E-state index is 0.305. The first kappa shape index (κ1) is 14.8. The van der Waals surface area contributed by atoms with E-state index in [4.69, 9.17) is 9.26 Å². The molecule has 1 saturated heterocycles. The van der Waals surface area contributed by atoms with Crippen LogP contribution in [0.25, 0.3) is 0 Å². The van der Waals surface area contributed by atoms with Crippen molar-refractivity contribution in [1.82, 2.24) is 15.5 Å². The molecular weight excluding hydrogens is 262 g/mol. The van der Waals surface area contributed by atoms with E-state index in [0.29, 0.717) is 24.4 Å². The second-order valence-electron chi connectivity index (χ2n) is 5.01. The van der Waals surface area contributed by atoms with Crippen molar-refractivity contribution in [3.8, 4) is 0 Å². The van der Waals surface area contributed by atoms with Gasteiger partial charge in [0.05, 0.1) is 5.92 Å². The standard InChI is InChI=1S/C13H23N3O2S/c1-5-13(3,17-6-2)12-15-11(18-16-12)9-7-19-8-10(9)14-4/h9-10,14H,5-8H2,1-4H3. The average Bonchev–Trinajstić information content (AvgIpc) is 3.07. The van der Waals surface area contributed by atoms with Gasteiger partial charge in [0.25, 0.3) is 0 Å². The highest BCUT2D eigenvalue weighted by Gasteiger charge is 2.36. The Morgan fingerprint density at radius 3 is 2.89 bits per heavy atom. The van der Waals surface area contributed by atoms with Crippen molar-refractivity contribution in [3.05, 3.63) is 11.7 Å². The van der Waals surface area contributed by atoms with E-state index < -0.39 is 5.60 Å². The molecule has 3 unspecified atom stereocenters. The lowest BCUT2D eigenvalue weighted by Crippen LogP contribution is -2.31. The Morgan fingerprint density at radius 1 is 1.47 bits per heavy atom. The van der Waals surface area contributed by atoms with E-state index in [1.165, 1.54) is 0 Å². The molecule has 5 nitrogen and oxygen atoms in total. The molecule has 0 saturated carbocycles. The molecule has 1 aromatic heterocycles. The lowest BCUT2D eigenvalue weighted by Gasteiger charge is -2.24. The molecule has 6 heteroatoms.